The van der Waals surface area contributed by atoms with Gasteiger partial charge in [-0.2, -0.15) is 0 Å². The molecule has 0 aliphatic carbocycles. The SMILES string of the molecule is Cc1ccc(C(NN)c2cc3cc(Cl)ccc3o2)c(Cl)c1. The van der Waals surface area contributed by atoms with Crippen molar-refractivity contribution in [2.24, 2.45) is 5.84 Å². The molecule has 5 heteroatoms. The average molecular weight is 321 g/mol. The Balaban J connectivity index is 2.09. The van der Waals surface area contributed by atoms with Crippen molar-refractivity contribution in [1.29, 1.82) is 0 Å². The van der Waals surface area contributed by atoms with Crippen LogP contribution in [0.15, 0.2) is 46.9 Å². The van der Waals surface area contributed by atoms with Gasteiger partial charge in [-0.25, -0.2) is 5.43 Å². The van der Waals surface area contributed by atoms with E-state index < -0.39 is 0 Å². The Morgan fingerprint density at radius 2 is 1.90 bits per heavy atom. The van der Waals surface area contributed by atoms with Crippen molar-refractivity contribution in [3.05, 3.63) is 69.4 Å². The smallest absolute Gasteiger partial charge is 0.134 e. The van der Waals surface area contributed by atoms with Gasteiger partial charge in [0, 0.05) is 15.4 Å². The lowest BCUT2D eigenvalue weighted by Crippen LogP contribution is -2.28. The number of furan rings is 1. The second kappa shape index (κ2) is 5.70. The van der Waals surface area contributed by atoms with Crippen molar-refractivity contribution >= 4 is 34.2 Å². The molecule has 0 saturated carbocycles. The second-order valence-electron chi connectivity index (χ2n) is 4.96. The van der Waals surface area contributed by atoms with E-state index in [0.717, 1.165) is 22.1 Å². The molecule has 0 bridgehead atoms. The van der Waals surface area contributed by atoms with Crippen molar-refractivity contribution < 1.29 is 4.42 Å². The van der Waals surface area contributed by atoms with Crippen LogP contribution in [0.1, 0.15) is 22.9 Å². The molecule has 108 valence electrons. The van der Waals surface area contributed by atoms with Crippen molar-refractivity contribution in [2.75, 3.05) is 0 Å². The molecule has 21 heavy (non-hydrogen) atoms. The maximum Gasteiger partial charge on any atom is 0.134 e. The minimum Gasteiger partial charge on any atom is -0.459 e. The maximum absolute atomic E-state index is 6.32. The number of aryl methyl sites for hydroxylation is 1. The Kier molecular flexibility index (Phi) is 3.91. The molecule has 1 aromatic heterocycles. The normalized spacial score (nSPS) is 12.8. The van der Waals surface area contributed by atoms with E-state index >= 15 is 0 Å². The zero-order valence-electron chi connectivity index (χ0n) is 11.4. The highest BCUT2D eigenvalue weighted by Gasteiger charge is 2.20. The molecule has 0 saturated heterocycles. The Labute approximate surface area is 132 Å². The monoisotopic (exact) mass is 320 g/mol. The molecule has 1 heterocycles. The highest BCUT2D eigenvalue weighted by atomic mass is 35.5. The summed E-state index contributed by atoms with van der Waals surface area (Å²) in [4.78, 5) is 0. The van der Waals surface area contributed by atoms with Gasteiger partial charge in [-0.1, -0.05) is 35.3 Å². The lowest BCUT2D eigenvalue weighted by molar-refractivity contribution is 0.477. The van der Waals surface area contributed by atoms with Gasteiger partial charge in [0.25, 0.3) is 0 Å². The minimum atomic E-state index is -0.315. The van der Waals surface area contributed by atoms with Gasteiger partial charge in [-0.15, -0.1) is 0 Å². The third-order valence-corrected chi connectivity index (χ3v) is 3.98. The number of fused-ring (bicyclic) bond motifs is 1. The first-order valence-corrected chi connectivity index (χ1v) is 7.25. The third kappa shape index (κ3) is 2.78. The molecule has 3 rings (SSSR count). The van der Waals surface area contributed by atoms with Crippen molar-refractivity contribution in [1.82, 2.24) is 5.43 Å². The molecule has 3 N–H and O–H groups in total. The van der Waals surface area contributed by atoms with Gasteiger partial charge < -0.3 is 4.42 Å². The van der Waals surface area contributed by atoms with E-state index in [9.17, 15) is 0 Å². The summed E-state index contributed by atoms with van der Waals surface area (Å²) in [5.74, 6) is 6.40. The largest absolute Gasteiger partial charge is 0.459 e. The molecule has 3 aromatic rings. The van der Waals surface area contributed by atoms with Gasteiger partial charge in [0.2, 0.25) is 0 Å². The summed E-state index contributed by atoms with van der Waals surface area (Å²) >= 11 is 12.3. The number of rotatable bonds is 3. The summed E-state index contributed by atoms with van der Waals surface area (Å²) in [5, 5.41) is 2.25. The molecule has 1 unspecified atom stereocenters. The Bertz CT molecular complexity index is 798. The first kappa shape index (κ1) is 14.4. The van der Waals surface area contributed by atoms with Crippen molar-refractivity contribution in [2.45, 2.75) is 13.0 Å². The van der Waals surface area contributed by atoms with Gasteiger partial charge in [0.15, 0.2) is 0 Å². The molecule has 3 nitrogen and oxygen atoms in total. The zero-order valence-corrected chi connectivity index (χ0v) is 12.9. The first-order chi connectivity index (χ1) is 10.1. The van der Waals surface area contributed by atoms with Gasteiger partial charge in [0.1, 0.15) is 17.4 Å². The summed E-state index contributed by atoms with van der Waals surface area (Å²) in [6, 6.07) is 12.9. The predicted octanol–water partition coefficient (Wildman–Crippen LogP) is 4.60. The fourth-order valence-corrected chi connectivity index (χ4v) is 2.89. The average Bonchev–Trinajstić information content (AvgIpc) is 2.84. The highest BCUT2D eigenvalue weighted by molar-refractivity contribution is 6.31. The summed E-state index contributed by atoms with van der Waals surface area (Å²) < 4.78 is 5.86. The van der Waals surface area contributed by atoms with Crippen LogP contribution in [0.5, 0.6) is 0 Å². The van der Waals surface area contributed by atoms with Crippen LogP contribution in [-0.2, 0) is 0 Å². The quantitative estimate of drug-likeness (QED) is 0.547. The summed E-state index contributed by atoms with van der Waals surface area (Å²) in [7, 11) is 0. The second-order valence-corrected chi connectivity index (χ2v) is 5.80. The van der Waals surface area contributed by atoms with Gasteiger partial charge in [-0.05, 0) is 48.4 Å². The summed E-state index contributed by atoms with van der Waals surface area (Å²) in [6.45, 7) is 1.99. The fourth-order valence-electron chi connectivity index (χ4n) is 2.37. The molecular weight excluding hydrogens is 307 g/mol. The molecule has 1 atom stereocenters. The van der Waals surface area contributed by atoms with Crippen LogP contribution in [0, 0.1) is 6.92 Å². The lowest BCUT2D eigenvalue weighted by Gasteiger charge is -2.15. The Morgan fingerprint density at radius 1 is 1.10 bits per heavy atom. The van der Waals surface area contributed by atoms with E-state index in [2.05, 4.69) is 5.43 Å². The predicted molar refractivity (Wildman–Crippen MR) is 86.6 cm³/mol. The fraction of sp³-hybridized carbons (Fsp3) is 0.125. The zero-order chi connectivity index (χ0) is 15.0. The van der Waals surface area contributed by atoms with Crippen LogP contribution >= 0.6 is 23.2 Å². The van der Waals surface area contributed by atoms with Crippen LogP contribution in [0.25, 0.3) is 11.0 Å². The number of benzene rings is 2. The number of nitrogens with one attached hydrogen (secondary N) is 1. The molecule has 0 fully saturated rings. The van der Waals surface area contributed by atoms with Crippen LogP contribution in [0.3, 0.4) is 0 Å². The molecule has 0 aliphatic rings. The first-order valence-electron chi connectivity index (χ1n) is 6.49. The summed E-state index contributed by atoms with van der Waals surface area (Å²) in [6.07, 6.45) is 0. The van der Waals surface area contributed by atoms with E-state index in [-0.39, 0.29) is 6.04 Å². The third-order valence-electron chi connectivity index (χ3n) is 3.42. The number of hydrazine groups is 1. The van der Waals surface area contributed by atoms with Crippen LogP contribution in [-0.4, -0.2) is 0 Å². The molecular formula is C16H14Cl2N2O. The van der Waals surface area contributed by atoms with Crippen LogP contribution < -0.4 is 11.3 Å². The number of halogens is 2. The molecule has 0 radical (unpaired) electrons. The van der Waals surface area contributed by atoms with E-state index in [1.807, 2.05) is 43.3 Å². The molecule has 0 amide bonds. The van der Waals surface area contributed by atoms with E-state index in [1.165, 1.54) is 0 Å². The lowest BCUT2D eigenvalue weighted by atomic mass is 10.0. The standard InChI is InChI=1S/C16H14Cl2N2O/c1-9-2-4-12(13(18)6-9)16(20-19)15-8-10-7-11(17)3-5-14(10)21-15/h2-8,16,20H,19H2,1H3. The van der Waals surface area contributed by atoms with Gasteiger partial charge >= 0.3 is 0 Å². The molecule has 2 aromatic carbocycles. The van der Waals surface area contributed by atoms with Gasteiger partial charge in [0.05, 0.1) is 0 Å². The Morgan fingerprint density at radius 3 is 2.62 bits per heavy atom. The molecule has 0 spiro atoms. The van der Waals surface area contributed by atoms with Crippen LogP contribution in [0.4, 0.5) is 0 Å². The van der Waals surface area contributed by atoms with Crippen LogP contribution in [0.2, 0.25) is 10.0 Å². The van der Waals surface area contributed by atoms with Crippen molar-refractivity contribution in [3.63, 3.8) is 0 Å². The van der Waals surface area contributed by atoms with Gasteiger partial charge in [-0.3, -0.25) is 5.84 Å². The van der Waals surface area contributed by atoms with E-state index in [1.54, 1.807) is 6.07 Å². The number of hydrogen-bond acceptors (Lipinski definition) is 3. The summed E-state index contributed by atoms with van der Waals surface area (Å²) in [5.41, 5.74) is 5.48. The number of nitrogens with two attached hydrogens (primary N) is 1. The Hall–Kier alpha value is -1.52. The van der Waals surface area contributed by atoms with E-state index in [4.69, 9.17) is 33.5 Å². The van der Waals surface area contributed by atoms with E-state index in [0.29, 0.717) is 15.8 Å². The topological polar surface area (TPSA) is 51.2 Å². The van der Waals surface area contributed by atoms with Crippen molar-refractivity contribution in [3.8, 4) is 0 Å². The molecule has 0 aliphatic heterocycles. The number of hydrogen-bond donors (Lipinski definition) is 2. The maximum atomic E-state index is 6.32. The highest BCUT2D eigenvalue weighted by Crippen LogP contribution is 2.32. The minimum absolute atomic E-state index is 0.315.